The van der Waals surface area contributed by atoms with E-state index >= 15 is 0 Å². The summed E-state index contributed by atoms with van der Waals surface area (Å²) in [5.41, 5.74) is 4.94. The Morgan fingerprint density at radius 2 is 1.82 bits per heavy atom. The minimum atomic E-state index is -0.712. The number of aryl methyl sites for hydroxylation is 1. The average Bonchev–Trinajstić information content (AvgIpc) is 2.86. The lowest BCUT2D eigenvalue weighted by Gasteiger charge is -2.27. The molecule has 0 radical (unpaired) electrons. The van der Waals surface area contributed by atoms with Crippen molar-refractivity contribution in [1.82, 2.24) is 10.3 Å². The van der Waals surface area contributed by atoms with Crippen LogP contribution < -0.4 is 15.6 Å². The Hall–Kier alpha value is -3.41. The molecule has 1 unspecified atom stereocenters. The van der Waals surface area contributed by atoms with Gasteiger partial charge in [0.1, 0.15) is 12.4 Å². The number of rotatable bonds is 7. The van der Waals surface area contributed by atoms with Gasteiger partial charge >= 0.3 is 0 Å². The molecule has 3 N–H and O–H groups in total. The molecule has 2 atom stereocenters. The Morgan fingerprint density at radius 1 is 1.00 bits per heavy atom. The summed E-state index contributed by atoms with van der Waals surface area (Å²) in [4.78, 5) is 15.0. The average molecular weight is 441 g/mol. The first kappa shape index (κ1) is 21.4. The number of nitrogens with one attached hydrogen (secondary N) is 2. The standard InChI is InChI=1S/C28H28N2O3/c31-25(17-29-24-12-6-10-20-9-4-5-11-21(20)24)22-13-15-26(28-23(22)14-16-27(32)30-28)33-18-19-7-2-1-3-8-19/h1-5,7-9,11,13-16,24-25,29,31H,6,10,12,17-18H2,(H,30,32)/t24-,25?/m1/s1. The van der Waals surface area contributed by atoms with Gasteiger partial charge in [0.05, 0.1) is 11.6 Å². The van der Waals surface area contributed by atoms with E-state index in [0.29, 0.717) is 24.4 Å². The normalized spacial score (nSPS) is 16.3. The molecular weight excluding hydrogens is 412 g/mol. The Labute approximate surface area is 193 Å². The van der Waals surface area contributed by atoms with Crippen LogP contribution in [0, 0.1) is 0 Å². The van der Waals surface area contributed by atoms with E-state index in [4.69, 9.17) is 4.74 Å². The number of aliphatic hydroxyl groups excluding tert-OH is 1. The summed E-state index contributed by atoms with van der Waals surface area (Å²) < 4.78 is 6.02. The van der Waals surface area contributed by atoms with Crippen LogP contribution in [0.1, 0.15) is 47.2 Å². The Morgan fingerprint density at radius 3 is 2.70 bits per heavy atom. The number of H-pyrrole nitrogens is 1. The lowest BCUT2D eigenvalue weighted by Crippen LogP contribution is -2.29. The smallest absolute Gasteiger partial charge is 0.248 e. The predicted octanol–water partition coefficient (Wildman–Crippen LogP) is 4.81. The third-order valence-corrected chi connectivity index (χ3v) is 6.41. The van der Waals surface area contributed by atoms with Crippen LogP contribution >= 0.6 is 0 Å². The largest absolute Gasteiger partial charge is 0.487 e. The molecule has 0 fully saturated rings. The van der Waals surface area contributed by atoms with Crippen molar-refractivity contribution in [1.29, 1.82) is 0 Å². The highest BCUT2D eigenvalue weighted by Gasteiger charge is 2.21. The highest BCUT2D eigenvalue weighted by atomic mass is 16.5. The molecule has 1 aliphatic rings. The van der Waals surface area contributed by atoms with Crippen molar-refractivity contribution in [3.8, 4) is 5.75 Å². The van der Waals surface area contributed by atoms with Crippen LogP contribution in [0.5, 0.6) is 5.75 Å². The number of pyridine rings is 1. The fourth-order valence-electron chi connectivity index (χ4n) is 4.72. The Balaban J connectivity index is 1.36. The minimum Gasteiger partial charge on any atom is -0.487 e. The number of hydrogen-bond acceptors (Lipinski definition) is 4. The molecule has 1 heterocycles. The maximum absolute atomic E-state index is 12.1. The molecule has 5 rings (SSSR count). The van der Waals surface area contributed by atoms with Gasteiger partial charge in [-0.15, -0.1) is 0 Å². The van der Waals surface area contributed by atoms with Crippen molar-refractivity contribution in [2.75, 3.05) is 6.54 Å². The molecule has 5 nitrogen and oxygen atoms in total. The zero-order valence-electron chi connectivity index (χ0n) is 18.5. The van der Waals surface area contributed by atoms with E-state index in [9.17, 15) is 9.90 Å². The number of aromatic nitrogens is 1. The summed E-state index contributed by atoms with van der Waals surface area (Å²) >= 11 is 0. The van der Waals surface area contributed by atoms with Crippen molar-refractivity contribution in [2.24, 2.45) is 0 Å². The van der Waals surface area contributed by atoms with Crippen LogP contribution in [-0.2, 0) is 13.0 Å². The number of benzene rings is 3. The molecule has 0 saturated carbocycles. The van der Waals surface area contributed by atoms with Crippen molar-refractivity contribution in [3.63, 3.8) is 0 Å². The van der Waals surface area contributed by atoms with E-state index in [1.165, 1.54) is 17.2 Å². The predicted molar refractivity (Wildman–Crippen MR) is 130 cm³/mol. The molecular formula is C28H28N2O3. The Kier molecular flexibility index (Phi) is 6.24. The third kappa shape index (κ3) is 4.70. The van der Waals surface area contributed by atoms with Gasteiger partial charge in [0, 0.05) is 24.0 Å². The van der Waals surface area contributed by atoms with Gasteiger partial charge in [0.15, 0.2) is 0 Å². The second kappa shape index (κ2) is 9.61. The third-order valence-electron chi connectivity index (χ3n) is 6.41. The van der Waals surface area contributed by atoms with Crippen LogP contribution in [0.25, 0.3) is 10.9 Å². The summed E-state index contributed by atoms with van der Waals surface area (Å²) in [6, 6.07) is 25.6. The van der Waals surface area contributed by atoms with E-state index in [-0.39, 0.29) is 11.6 Å². The van der Waals surface area contributed by atoms with Crippen LogP contribution in [0.3, 0.4) is 0 Å². The molecule has 0 amide bonds. The van der Waals surface area contributed by atoms with Crippen LogP contribution in [0.15, 0.2) is 83.7 Å². The molecule has 4 aromatic rings. The minimum absolute atomic E-state index is 0.198. The van der Waals surface area contributed by atoms with Crippen molar-refractivity contribution in [2.45, 2.75) is 38.0 Å². The number of fused-ring (bicyclic) bond motifs is 2. The highest BCUT2D eigenvalue weighted by molar-refractivity contribution is 5.87. The number of hydrogen-bond donors (Lipinski definition) is 3. The molecule has 168 valence electrons. The molecule has 0 spiro atoms. The van der Waals surface area contributed by atoms with E-state index < -0.39 is 6.10 Å². The lowest BCUT2D eigenvalue weighted by atomic mass is 9.87. The molecule has 33 heavy (non-hydrogen) atoms. The first-order valence-electron chi connectivity index (χ1n) is 11.5. The maximum Gasteiger partial charge on any atom is 0.248 e. The van der Waals surface area contributed by atoms with E-state index in [2.05, 4.69) is 34.6 Å². The van der Waals surface area contributed by atoms with Gasteiger partial charge in [-0.2, -0.15) is 0 Å². The van der Waals surface area contributed by atoms with Gasteiger partial charge in [-0.1, -0.05) is 60.7 Å². The monoisotopic (exact) mass is 440 g/mol. The first-order chi connectivity index (χ1) is 16.2. The summed E-state index contributed by atoms with van der Waals surface area (Å²) in [5, 5.41) is 15.4. The highest BCUT2D eigenvalue weighted by Crippen LogP contribution is 2.32. The van der Waals surface area contributed by atoms with Crippen molar-refractivity contribution >= 4 is 10.9 Å². The van der Waals surface area contributed by atoms with Crippen LogP contribution in [0.4, 0.5) is 0 Å². The summed E-state index contributed by atoms with van der Waals surface area (Å²) in [6.07, 6.45) is 2.60. The van der Waals surface area contributed by atoms with Gasteiger partial charge in [0.25, 0.3) is 0 Å². The molecule has 0 aliphatic heterocycles. The topological polar surface area (TPSA) is 74.3 Å². The van der Waals surface area contributed by atoms with Crippen LogP contribution in [-0.4, -0.2) is 16.6 Å². The Bertz CT molecular complexity index is 1300. The van der Waals surface area contributed by atoms with E-state index in [1.807, 2.05) is 42.5 Å². The van der Waals surface area contributed by atoms with E-state index in [0.717, 1.165) is 35.8 Å². The van der Waals surface area contributed by atoms with Crippen molar-refractivity contribution in [3.05, 3.63) is 111 Å². The van der Waals surface area contributed by atoms with Gasteiger partial charge in [-0.3, -0.25) is 4.79 Å². The zero-order valence-corrected chi connectivity index (χ0v) is 18.5. The second-order valence-electron chi connectivity index (χ2n) is 8.61. The molecule has 5 heteroatoms. The fraction of sp³-hybridized carbons (Fsp3) is 0.250. The molecule has 3 aromatic carbocycles. The zero-order chi connectivity index (χ0) is 22.6. The number of aliphatic hydroxyl groups is 1. The number of ether oxygens (including phenoxy) is 1. The van der Waals surface area contributed by atoms with Crippen LogP contribution in [0.2, 0.25) is 0 Å². The summed E-state index contributed by atoms with van der Waals surface area (Å²) in [6.45, 7) is 0.828. The lowest BCUT2D eigenvalue weighted by molar-refractivity contribution is 0.169. The first-order valence-corrected chi connectivity index (χ1v) is 11.5. The fourth-order valence-corrected chi connectivity index (χ4v) is 4.72. The maximum atomic E-state index is 12.1. The SMILES string of the molecule is O=c1ccc2c(C(O)CN[C@@H]3CCCc4ccccc43)ccc(OCc3ccccc3)c2[nH]1. The van der Waals surface area contributed by atoms with Gasteiger partial charge in [-0.05, 0) is 53.6 Å². The van der Waals surface area contributed by atoms with Gasteiger partial charge in [0.2, 0.25) is 5.56 Å². The molecule has 0 bridgehead atoms. The molecule has 1 aliphatic carbocycles. The summed E-state index contributed by atoms with van der Waals surface area (Å²) in [5.74, 6) is 0.594. The number of aromatic amines is 1. The van der Waals surface area contributed by atoms with Gasteiger partial charge in [-0.25, -0.2) is 0 Å². The molecule has 0 saturated heterocycles. The quantitative estimate of drug-likeness (QED) is 0.386. The molecule has 1 aromatic heterocycles. The van der Waals surface area contributed by atoms with E-state index in [1.54, 1.807) is 6.07 Å². The second-order valence-corrected chi connectivity index (χ2v) is 8.61. The van der Waals surface area contributed by atoms with Gasteiger partial charge < -0.3 is 20.1 Å². The van der Waals surface area contributed by atoms with Crippen molar-refractivity contribution < 1.29 is 9.84 Å². The summed E-state index contributed by atoms with van der Waals surface area (Å²) in [7, 11) is 0.